The molecular formula is C14H20ClN3O2. The Balaban J connectivity index is 2.15. The van der Waals surface area contributed by atoms with E-state index in [0.29, 0.717) is 16.4 Å². The quantitative estimate of drug-likeness (QED) is 0.815. The third-order valence-corrected chi connectivity index (χ3v) is 3.94. The molecular weight excluding hydrogens is 278 g/mol. The second-order valence-electron chi connectivity index (χ2n) is 5.17. The fraction of sp³-hybridized carbons (Fsp3) is 0.500. The van der Waals surface area contributed by atoms with Gasteiger partial charge >= 0.3 is 5.97 Å². The van der Waals surface area contributed by atoms with Crippen molar-refractivity contribution >= 4 is 28.9 Å². The van der Waals surface area contributed by atoms with E-state index in [1.165, 1.54) is 18.9 Å². The second kappa shape index (κ2) is 6.33. The number of benzene rings is 1. The standard InChI is InChI=1S/C14H20ClN3O2/c1-17(6-7-18-4-2-3-5-18)13-11(14(19)20)8-10(16)9-12(13)15/h8-9H,2-7,16H2,1H3,(H,19,20). The van der Waals surface area contributed by atoms with Crippen LogP contribution in [0.3, 0.4) is 0 Å². The molecule has 0 amide bonds. The van der Waals surface area contributed by atoms with E-state index in [0.717, 1.165) is 26.2 Å². The summed E-state index contributed by atoms with van der Waals surface area (Å²) in [5.74, 6) is -1.01. The summed E-state index contributed by atoms with van der Waals surface area (Å²) >= 11 is 6.17. The number of rotatable bonds is 5. The Hall–Kier alpha value is -1.46. The van der Waals surface area contributed by atoms with E-state index in [9.17, 15) is 9.90 Å². The third-order valence-electron chi connectivity index (χ3n) is 3.65. The second-order valence-corrected chi connectivity index (χ2v) is 5.58. The molecule has 5 nitrogen and oxygen atoms in total. The van der Waals surface area contributed by atoms with Crippen LogP contribution < -0.4 is 10.6 Å². The minimum Gasteiger partial charge on any atom is -0.478 e. The Morgan fingerprint density at radius 1 is 1.45 bits per heavy atom. The van der Waals surface area contributed by atoms with Crippen LogP contribution in [0.4, 0.5) is 11.4 Å². The predicted molar refractivity (Wildman–Crippen MR) is 81.8 cm³/mol. The molecule has 0 saturated carbocycles. The highest BCUT2D eigenvalue weighted by atomic mass is 35.5. The molecule has 0 bridgehead atoms. The zero-order valence-corrected chi connectivity index (χ0v) is 12.4. The molecule has 20 heavy (non-hydrogen) atoms. The van der Waals surface area contributed by atoms with Crippen molar-refractivity contribution in [2.45, 2.75) is 12.8 Å². The van der Waals surface area contributed by atoms with Gasteiger partial charge < -0.3 is 20.6 Å². The molecule has 1 heterocycles. The number of carbonyl (C=O) groups is 1. The molecule has 0 radical (unpaired) electrons. The lowest BCUT2D eigenvalue weighted by atomic mass is 10.1. The molecule has 0 atom stereocenters. The Bertz CT molecular complexity index is 501. The Labute approximate surface area is 123 Å². The van der Waals surface area contributed by atoms with E-state index in [4.69, 9.17) is 17.3 Å². The predicted octanol–water partition coefficient (Wildman–Crippen LogP) is 2.15. The summed E-state index contributed by atoms with van der Waals surface area (Å²) in [4.78, 5) is 15.6. The smallest absolute Gasteiger partial charge is 0.337 e. The monoisotopic (exact) mass is 297 g/mol. The van der Waals surface area contributed by atoms with Crippen LogP contribution in [0.2, 0.25) is 5.02 Å². The lowest BCUT2D eigenvalue weighted by molar-refractivity contribution is 0.0697. The highest BCUT2D eigenvalue weighted by Gasteiger charge is 2.19. The van der Waals surface area contributed by atoms with Gasteiger partial charge in [0.15, 0.2) is 0 Å². The number of hydrogen-bond donors (Lipinski definition) is 2. The highest BCUT2D eigenvalue weighted by Crippen LogP contribution is 2.32. The average Bonchev–Trinajstić information content (AvgIpc) is 2.88. The highest BCUT2D eigenvalue weighted by molar-refractivity contribution is 6.34. The van der Waals surface area contributed by atoms with Crippen molar-refractivity contribution in [3.05, 3.63) is 22.7 Å². The summed E-state index contributed by atoms with van der Waals surface area (Å²) in [6.45, 7) is 3.89. The first-order chi connectivity index (χ1) is 9.49. The zero-order chi connectivity index (χ0) is 14.7. The number of anilines is 2. The summed E-state index contributed by atoms with van der Waals surface area (Å²) in [5, 5.41) is 9.67. The normalized spacial score (nSPS) is 15.5. The van der Waals surface area contributed by atoms with Gasteiger partial charge in [0, 0.05) is 25.8 Å². The number of likely N-dealkylation sites (N-methyl/N-ethyl adjacent to an activating group) is 1. The first-order valence-corrected chi connectivity index (χ1v) is 7.12. The molecule has 110 valence electrons. The molecule has 0 spiro atoms. The minimum atomic E-state index is -1.01. The summed E-state index contributed by atoms with van der Waals surface area (Å²) in [6, 6.07) is 3.05. The van der Waals surface area contributed by atoms with E-state index >= 15 is 0 Å². The Morgan fingerprint density at radius 3 is 2.70 bits per heavy atom. The van der Waals surface area contributed by atoms with Crippen molar-refractivity contribution in [2.75, 3.05) is 43.9 Å². The molecule has 1 aliphatic heterocycles. The maximum Gasteiger partial charge on any atom is 0.337 e. The van der Waals surface area contributed by atoms with Gasteiger partial charge in [-0.25, -0.2) is 4.79 Å². The fourth-order valence-electron chi connectivity index (χ4n) is 2.58. The molecule has 1 aromatic rings. The van der Waals surface area contributed by atoms with Crippen LogP contribution in [0.15, 0.2) is 12.1 Å². The molecule has 0 aliphatic carbocycles. The van der Waals surface area contributed by atoms with Crippen LogP contribution in [0, 0.1) is 0 Å². The molecule has 1 fully saturated rings. The van der Waals surface area contributed by atoms with Crippen molar-refractivity contribution in [3.63, 3.8) is 0 Å². The Morgan fingerprint density at radius 2 is 2.10 bits per heavy atom. The zero-order valence-electron chi connectivity index (χ0n) is 11.6. The van der Waals surface area contributed by atoms with Gasteiger partial charge in [-0.3, -0.25) is 0 Å². The minimum absolute atomic E-state index is 0.152. The first-order valence-electron chi connectivity index (χ1n) is 6.75. The van der Waals surface area contributed by atoms with Gasteiger partial charge in [-0.1, -0.05) is 11.6 Å². The van der Waals surface area contributed by atoms with E-state index in [2.05, 4.69) is 4.90 Å². The van der Waals surface area contributed by atoms with Gasteiger partial charge in [-0.05, 0) is 38.1 Å². The fourth-order valence-corrected chi connectivity index (χ4v) is 2.95. The summed E-state index contributed by atoms with van der Waals surface area (Å²) in [5.41, 5.74) is 6.72. The van der Waals surface area contributed by atoms with Crippen molar-refractivity contribution in [1.29, 1.82) is 0 Å². The van der Waals surface area contributed by atoms with Gasteiger partial charge in [0.25, 0.3) is 0 Å². The SMILES string of the molecule is CN(CCN1CCCC1)c1c(Cl)cc(N)cc1C(=O)O. The lowest BCUT2D eigenvalue weighted by Crippen LogP contribution is -2.32. The topological polar surface area (TPSA) is 69.8 Å². The van der Waals surface area contributed by atoms with Crippen molar-refractivity contribution in [2.24, 2.45) is 0 Å². The van der Waals surface area contributed by atoms with Crippen LogP contribution >= 0.6 is 11.6 Å². The van der Waals surface area contributed by atoms with Gasteiger partial charge in [0.1, 0.15) is 0 Å². The summed E-state index contributed by atoms with van der Waals surface area (Å²) in [7, 11) is 1.86. The van der Waals surface area contributed by atoms with Crippen molar-refractivity contribution in [1.82, 2.24) is 4.90 Å². The maximum absolute atomic E-state index is 11.3. The van der Waals surface area contributed by atoms with E-state index in [1.807, 2.05) is 11.9 Å². The van der Waals surface area contributed by atoms with Crippen LogP contribution in [-0.2, 0) is 0 Å². The molecule has 6 heteroatoms. The molecule has 3 N–H and O–H groups in total. The number of hydrogen-bond acceptors (Lipinski definition) is 4. The molecule has 1 aliphatic rings. The van der Waals surface area contributed by atoms with E-state index in [-0.39, 0.29) is 5.56 Å². The molecule has 0 aromatic heterocycles. The van der Waals surface area contributed by atoms with Gasteiger partial charge in [-0.15, -0.1) is 0 Å². The van der Waals surface area contributed by atoms with Crippen LogP contribution in [0.5, 0.6) is 0 Å². The summed E-state index contributed by atoms with van der Waals surface area (Å²) in [6.07, 6.45) is 2.49. The summed E-state index contributed by atoms with van der Waals surface area (Å²) < 4.78 is 0. The van der Waals surface area contributed by atoms with E-state index in [1.54, 1.807) is 6.07 Å². The Kier molecular flexibility index (Phi) is 4.73. The third kappa shape index (κ3) is 3.35. The number of nitrogens with zero attached hydrogens (tertiary/aromatic N) is 2. The maximum atomic E-state index is 11.3. The number of aromatic carboxylic acids is 1. The lowest BCUT2D eigenvalue weighted by Gasteiger charge is -2.25. The van der Waals surface area contributed by atoms with Crippen LogP contribution in [0.25, 0.3) is 0 Å². The molecule has 1 saturated heterocycles. The first kappa shape index (κ1) is 14.9. The van der Waals surface area contributed by atoms with Crippen LogP contribution in [-0.4, -0.2) is 49.2 Å². The number of carboxylic acid groups (broad SMARTS) is 1. The van der Waals surface area contributed by atoms with E-state index < -0.39 is 5.97 Å². The number of nitrogens with two attached hydrogens (primary N) is 1. The largest absolute Gasteiger partial charge is 0.478 e. The molecule has 0 unspecified atom stereocenters. The van der Waals surface area contributed by atoms with Gasteiger partial charge in [-0.2, -0.15) is 0 Å². The number of halogens is 1. The molecule has 2 rings (SSSR count). The molecule has 1 aromatic carbocycles. The average molecular weight is 298 g/mol. The number of likely N-dealkylation sites (tertiary alicyclic amines) is 1. The van der Waals surface area contributed by atoms with Crippen molar-refractivity contribution in [3.8, 4) is 0 Å². The van der Waals surface area contributed by atoms with Gasteiger partial charge in [0.2, 0.25) is 0 Å². The van der Waals surface area contributed by atoms with Crippen molar-refractivity contribution < 1.29 is 9.90 Å². The van der Waals surface area contributed by atoms with Gasteiger partial charge in [0.05, 0.1) is 16.3 Å². The number of carboxylic acids is 1. The number of nitrogen functional groups attached to an aromatic ring is 1. The van der Waals surface area contributed by atoms with Crippen LogP contribution in [0.1, 0.15) is 23.2 Å².